The number of amides is 1. The molecule has 2 N–H and O–H groups in total. The van der Waals surface area contributed by atoms with Crippen LogP contribution in [0, 0.1) is 17.5 Å². The number of rotatable bonds is 4. The minimum atomic E-state index is -1.76. The van der Waals surface area contributed by atoms with Gasteiger partial charge < -0.3 is 10.4 Å². The van der Waals surface area contributed by atoms with E-state index in [1.165, 1.54) is 13.0 Å². The lowest BCUT2D eigenvalue weighted by Crippen LogP contribution is -2.39. The van der Waals surface area contributed by atoms with Gasteiger partial charge in [-0.25, -0.2) is 13.2 Å². The molecule has 0 aliphatic rings. The highest BCUT2D eigenvalue weighted by Gasteiger charge is 2.28. The molecule has 0 saturated heterocycles. The second kappa shape index (κ2) is 6.60. The fraction of sp³-hybridized carbons (Fsp3) is 0.188. The number of halogens is 4. The van der Waals surface area contributed by atoms with E-state index >= 15 is 0 Å². The molecule has 1 atom stereocenters. The second-order valence-corrected chi connectivity index (χ2v) is 5.61. The van der Waals surface area contributed by atoms with E-state index in [4.69, 9.17) is 11.6 Å². The number of hydrogen-bond donors (Lipinski definition) is 2. The fourth-order valence-electron chi connectivity index (χ4n) is 2.04. The Balaban J connectivity index is 2.13. The molecule has 0 aliphatic carbocycles. The van der Waals surface area contributed by atoms with Gasteiger partial charge in [0.05, 0.1) is 17.1 Å². The first-order valence-corrected chi connectivity index (χ1v) is 6.99. The molecule has 7 heteroatoms. The number of carbonyl (C=O) groups excluding carboxylic acids is 1. The molecule has 122 valence electrons. The Labute approximate surface area is 135 Å². The highest BCUT2D eigenvalue weighted by molar-refractivity contribution is 6.33. The molecule has 0 saturated carbocycles. The molecule has 2 rings (SSSR count). The maximum atomic E-state index is 13.7. The minimum Gasteiger partial charge on any atom is -0.383 e. The van der Waals surface area contributed by atoms with Crippen molar-refractivity contribution in [2.75, 3.05) is 6.54 Å². The summed E-state index contributed by atoms with van der Waals surface area (Å²) >= 11 is 5.77. The highest BCUT2D eigenvalue weighted by atomic mass is 35.5. The third kappa shape index (κ3) is 4.03. The van der Waals surface area contributed by atoms with Crippen LogP contribution in [0.4, 0.5) is 13.2 Å². The van der Waals surface area contributed by atoms with Gasteiger partial charge in [0.25, 0.3) is 5.91 Å². The molecule has 1 amide bonds. The van der Waals surface area contributed by atoms with Gasteiger partial charge in [-0.05, 0) is 31.2 Å². The lowest BCUT2D eigenvalue weighted by Gasteiger charge is -2.24. The van der Waals surface area contributed by atoms with Crippen molar-refractivity contribution in [1.82, 2.24) is 5.32 Å². The third-order valence-corrected chi connectivity index (χ3v) is 3.59. The Bertz CT molecular complexity index is 750. The van der Waals surface area contributed by atoms with Crippen LogP contribution in [0.2, 0.25) is 5.02 Å². The Morgan fingerprint density at radius 2 is 1.78 bits per heavy atom. The van der Waals surface area contributed by atoms with Crippen LogP contribution in [0.3, 0.4) is 0 Å². The van der Waals surface area contributed by atoms with Crippen LogP contribution in [0.15, 0.2) is 36.4 Å². The van der Waals surface area contributed by atoms with Crippen molar-refractivity contribution < 1.29 is 23.1 Å². The van der Waals surface area contributed by atoms with E-state index in [9.17, 15) is 23.1 Å². The molecular weight excluding hydrogens is 331 g/mol. The lowest BCUT2D eigenvalue weighted by molar-refractivity contribution is 0.0494. The van der Waals surface area contributed by atoms with Crippen molar-refractivity contribution in [3.05, 3.63) is 70.0 Å². The summed E-state index contributed by atoms with van der Waals surface area (Å²) in [5.41, 5.74) is -1.91. The van der Waals surface area contributed by atoms with Gasteiger partial charge in [0.15, 0.2) is 0 Å². The minimum absolute atomic E-state index is 0.0171. The number of hydrogen-bond acceptors (Lipinski definition) is 2. The molecule has 0 radical (unpaired) electrons. The molecule has 0 bridgehead atoms. The molecule has 0 heterocycles. The Morgan fingerprint density at radius 3 is 2.39 bits per heavy atom. The van der Waals surface area contributed by atoms with Gasteiger partial charge in [0.2, 0.25) is 0 Å². The van der Waals surface area contributed by atoms with Crippen molar-refractivity contribution in [3.8, 4) is 0 Å². The van der Waals surface area contributed by atoms with E-state index < -0.39 is 29.0 Å². The smallest absolute Gasteiger partial charge is 0.252 e. The quantitative estimate of drug-likeness (QED) is 0.894. The number of benzene rings is 2. The topological polar surface area (TPSA) is 49.3 Å². The molecule has 23 heavy (non-hydrogen) atoms. The fourth-order valence-corrected chi connectivity index (χ4v) is 2.30. The SMILES string of the molecule is CC(O)(CNC(=O)c1ccc(F)cc1Cl)c1ccc(F)cc1F. The van der Waals surface area contributed by atoms with Crippen molar-refractivity contribution in [3.63, 3.8) is 0 Å². The first kappa shape index (κ1) is 17.3. The number of carbonyl (C=O) groups is 1. The van der Waals surface area contributed by atoms with Gasteiger partial charge in [-0.15, -0.1) is 0 Å². The van der Waals surface area contributed by atoms with Gasteiger partial charge in [0.1, 0.15) is 23.1 Å². The Morgan fingerprint density at radius 1 is 1.17 bits per heavy atom. The third-order valence-electron chi connectivity index (χ3n) is 3.28. The van der Waals surface area contributed by atoms with Gasteiger partial charge >= 0.3 is 0 Å². The molecule has 1 unspecified atom stereocenters. The monoisotopic (exact) mass is 343 g/mol. The molecular formula is C16H13ClF3NO2. The summed E-state index contributed by atoms with van der Waals surface area (Å²) < 4.78 is 39.6. The van der Waals surface area contributed by atoms with E-state index in [2.05, 4.69) is 5.32 Å². The summed E-state index contributed by atoms with van der Waals surface area (Å²) in [7, 11) is 0. The molecule has 3 nitrogen and oxygen atoms in total. The van der Waals surface area contributed by atoms with Crippen molar-refractivity contribution in [2.45, 2.75) is 12.5 Å². The standard InChI is InChI=1S/C16H13ClF3NO2/c1-16(23,12-5-3-10(19)7-14(12)20)8-21-15(22)11-4-2-9(18)6-13(11)17/h2-7,23H,8H2,1H3,(H,21,22). The van der Waals surface area contributed by atoms with E-state index in [0.29, 0.717) is 6.07 Å². The van der Waals surface area contributed by atoms with Crippen LogP contribution in [0.25, 0.3) is 0 Å². The molecule has 0 spiro atoms. The number of aliphatic hydroxyl groups is 1. The maximum Gasteiger partial charge on any atom is 0.252 e. The average Bonchev–Trinajstić information content (AvgIpc) is 2.44. The lowest BCUT2D eigenvalue weighted by atomic mass is 9.95. The van der Waals surface area contributed by atoms with Crippen LogP contribution in [0.1, 0.15) is 22.8 Å². The van der Waals surface area contributed by atoms with Crippen LogP contribution in [-0.2, 0) is 5.60 Å². The van der Waals surface area contributed by atoms with Gasteiger partial charge in [0, 0.05) is 11.6 Å². The molecule has 2 aromatic carbocycles. The van der Waals surface area contributed by atoms with E-state index in [0.717, 1.165) is 24.3 Å². The summed E-state index contributed by atoms with van der Waals surface area (Å²) in [5, 5.41) is 12.6. The van der Waals surface area contributed by atoms with E-state index in [1.807, 2.05) is 0 Å². The van der Waals surface area contributed by atoms with Gasteiger partial charge in [-0.1, -0.05) is 17.7 Å². The predicted molar refractivity (Wildman–Crippen MR) is 79.7 cm³/mol. The highest BCUT2D eigenvalue weighted by Crippen LogP contribution is 2.24. The molecule has 0 aliphatic heterocycles. The van der Waals surface area contributed by atoms with Crippen molar-refractivity contribution >= 4 is 17.5 Å². The average molecular weight is 344 g/mol. The first-order valence-electron chi connectivity index (χ1n) is 6.62. The van der Waals surface area contributed by atoms with Crippen LogP contribution in [-0.4, -0.2) is 17.6 Å². The van der Waals surface area contributed by atoms with Crippen LogP contribution < -0.4 is 5.32 Å². The van der Waals surface area contributed by atoms with E-state index in [1.54, 1.807) is 0 Å². The largest absolute Gasteiger partial charge is 0.383 e. The maximum absolute atomic E-state index is 13.7. The van der Waals surface area contributed by atoms with Crippen molar-refractivity contribution in [2.24, 2.45) is 0 Å². The van der Waals surface area contributed by atoms with Gasteiger partial charge in [-0.3, -0.25) is 4.79 Å². The Hall–Kier alpha value is -2.05. The Kier molecular flexibility index (Phi) is 4.97. The van der Waals surface area contributed by atoms with E-state index in [-0.39, 0.29) is 22.7 Å². The second-order valence-electron chi connectivity index (χ2n) is 5.20. The van der Waals surface area contributed by atoms with Gasteiger partial charge in [-0.2, -0.15) is 0 Å². The number of nitrogens with one attached hydrogen (secondary N) is 1. The summed E-state index contributed by atoms with van der Waals surface area (Å²) in [5.74, 6) is -2.95. The summed E-state index contributed by atoms with van der Waals surface area (Å²) in [6.45, 7) is 0.929. The predicted octanol–water partition coefficient (Wildman–Crippen LogP) is 3.39. The zero-order chi connectivity index (χ0) is 17.2. The van der Waals surface area contributed by atoms with Crippen LogP contribution >= 0.6 is 11.6 Å². The zero-order valence-electron chi connectivity index (χ0n) is 12.0. The summed E-state index contributed by atoms with van der Waals surface area (Å²) in [6.07, 6.45) is 0. The molecule has 0 fully saturated rings. The zero-order valence-corrected chi connectivity index (χ0v) is 12.8. The molecule has 2 aromatic rings. The normalized spacial score (nSPS) is 13.5. The first-order chi connectivity index (χ1) is 10.7. The van der Waals surface area contributed by atoms with Crippen LogP contribution in [0.5, 0.6) is 0 Å². The summed E-state index contributed by atoms with van der Waals surface area (Å²) in [6, 6.07) is 5.99. The molecule has 0 aromatic heterocycles. The summed E-state index contributed by atoms with van der Waals surface area (Å²) in [4.78, 5) is 12.0. The van der Waals surface area contributed by atoms with Crippen molar-refractivity contribution in [1.29, 1.82) is 0 Å².